The number of halogens is 2. The van der Waals surface area contributed by atoms with Crippen molar-refractivity contribution in [1.29, 1.82) is 0 Å². The second-order valence-electron chi connectivity index (χ2n) is 4.33. The van der Waals surface area contributed by atoms with E-state index in [1.165, 1.54) is 0 Å². The summed E-state index contributed by atoms with van der Waals surface area (Å²) in [6, 6.07) is 6.15. The summed E-state index contributed by atoms with van der Waals surface area (Å²) in [5.74, 6) is 0.634. The molecular weight excluding hydrogens is 273 g/mol. The standard InChI is InChI=1S/C12H17BrClN/c1-8(2)5-11(15)6-9-3-4-10(13)7-12(9)14/h3-4,7-8,11H,5-6,15H2,1-2H3. The summed E-state index contributed by atoms with van der Waals surface area (Å²) in [5.41, 5.74) is 7.18. The molecule has 0 saturated carbocycles. The van der Waals surface area contributed by atoms with E-state index in [2.05, 4.69) is 29.8 Å². The molecule has 1 aromatic carbocycles. The summed E-state index contributed by atoms with van der Waals surface area (Å²) < 4.78 is 1.01. The quantitative estimate of drug-likeness (QED) is 0.890. The van der Waals surface area contributed by atoms with Crippen LogP contribution in [0.4, 0.5) is 0 Å². The summed E-state index contributed by atoms with van der Waals surface area (Å²) in [6.45, 7) is 4.37. The Morgan fingerprint density at radius 3 is 2.60 bits per heavy atom. The van der Waals surface area contributed by atoms with Gasteiger partial charge in [-0.3, -0.25) is 0 Å². The number of hydrogen-bond donors (Lipinski definition) is 1. The average molecular weight is 291 g/mol. The molecule has 0 heterocycles. The van der Waals surface area contributed by atoms with E-state index < -0.39 is 0 Å². The highest BCUT2D eigenvalue weighted by atomic mass is 79.9. The number of hydrogen-bond acceptors (Lipinski definition) is 1. The van der Waals surface area contributed by atoms with Crippen molar-refractivity contribution in [3.63, 3.8) is 0 Å². The van der Waals surface area contributed by atoms with Crippen LogP contribution in [0, 0.1) is 5.92 Å². The van der Waals surface area contributed by atoms with Crippen LogP contribution >= 0.6 is 27.5 Å². The maximum Gasteiger partial charge on any atom is 0.0449 e. The van der Waals surface area contributed by atoms with Gasteiger partial charge in [0.05, 0.1) is 0 Å². The van der Waals surface area contributed by atoms with Gasteiger partial charge in [0.15, 0.2) is 0 Å². The molecule has 0 spiro atoms. The van der Waals surface area contributed by atoms with Crippen molar-refractivity contribution in [1.82, 2.24) is 0 Å². The van der Waals surface area contributed by atoms with Crippen LogP contribution in [-0.4, -0.2) is 6.04 Å². The molecule has 0 amide bonds. The van der Waals surface area contributed by atoms with Gasteiger partial charge in [0, 0.05) is 15.5 Å². The lowest BCUT2D eigenvalue weighted by atomic mass is 9.98. The third-order valence-electron chi connectivity index (χ3n) is 2.27. The first-order valence-electron chi connectivity index (χ1n) is 5.18. The normalized spacial score (nSPS) is 13.2. The van der Waals surface area contributed by atoms with Crippen LogP contribution in [0.25, 0.3) is 0 Å². The smallest absolute Gasteiger partial charge is 0.0449 e. The largest absolute Gasteiger partial charge is 0.327 e. The van der Waals surface area contributed by atoms with Crippen molar-refractivity contribution in [2.75, 3.05) is 0 Å². The highest BCUT2D eigenvalue weighted by Gasteiger charge is 2.09. The minimum Gasteiger partial charge on any atom is -0.327 e. The molecule has 0 aliphatic rings. The number of nitrogens with two attached hydrogens (primary N) is 1. The molecule has 15 heavy (non-hydrogen) atoms. The average Bonchev–Trinajstić information content (AvgIpc) is 2.08. The molecule has 0 saturated heterocycles. The van der Waals surface area contributed by atoms with Crippen molar-refractivity contribution in [2.24, 2.45) is 11.7 Å². The Morgan fingerprint density at radius 2 is 2.07 bits per heavy atom. The Balaban J connectivity index is 2.64. The van der Waals surface area contributed by atoms with Gasteiger partial charge in [0.25, 0.3) is 0 Å². The summed E-state index contributed by atoms with van der Waals surface area (Å²) in [4.78, 5) is 0. The predicted molar refractivity (Wildman–Crippen MR) is 70.3 cm³/mol. The van der Waals surface area contributed by atoms with Crippen molar-refractivity contribution < 1.29 is 0 Å². The number of rotatable bonds is 4. The topological polar surface area (TPSA) is 26.0 Å². The molecule has 84 valence electrons. The zero-order valence-electron chi connectivity index (χ0n) is 9.13. The molecule has 0 bridgehead atoms. The molecule has 2 N–H and O–H groups in total. The lowest BCUT2D eigenvalue weighted by Gasteiger charge is -2.14. The van der Waals surface area contributed by atoms with E-state index in [0.29, 0.717) is 5.92 Å². The molecule has 0 fully saturated rings. The van der Waals surface area contributed by atoms with E-state index in [1.807, 2.05) is 18.2 Å². The van der Waals surface area contributed by atoms with Crippen molar-refractivity contribution in [3.8, 4) is 0 Å². The van der Waals surface area contributed by atoms with Crippen LogP contribution in [0.2, 0.25) is 5.02 Å². The first-order valence-corrected chi connectivity index (χ1v) is 6.35. The molecule has 1 aromatic rings. The summed E-state index contributed by atoms with van der Waals surface area (Å²) >= 11 is 9.51. The van der Waals surface area contributed by atoms with Crippen LogP contribution in [-0.2, 0) is 6.42 Å². The number of benzene rings is 1. The van der Waals surface area contributed by atoms with E-state index in [1.54, 1.807) is 0 Å². The van der Waals surface area contributed by atoms with Gasteiger partial charge in [0.2, 0.25) is 0 Å². The molecule has 1 rings (SSSR count). The van der Waals surface area contributed by atoms with Gasteiger partial charge in [-0.15, -0.1) is 0 Å². The molecule has 0 radical (unpaired) electrons. The zero-order chi connectivity index (χ0) is 11.4. The van der Waals surface area contributed by atoms with Gasteiger partial charge in [-0.05, 0) is 36.5 Å². The lowest BCUT2D eigenvalue weighted by Crippen LogP contribution is -2.24. The van der Waals surface area contributed by atoms with E-state index >= 15 is 0 Å². The first kappa shape index (κ1) is 13.0. The van der Waals surface area contributed by atoms with Gasteiger partial charge >= 0.3 is 0 Å². The highest BCUT2D eigenvalue weighted by Crippen LogP contribution is 2.23. The molecule has 0 aromatic heterocycles. The fourth-order valence-electron chi connectivity index (χ4n) is 1.66. The molecule has 0 aliphatic carbocycles. The van der Waals surface area contributed by atoms with Crippen LogP contribution in [0.15, 0.2) is 22.7 Å². The van der Waals surface area contributed by atoms with Gasteiger partial charge < -0.3 is 5.73 Å². The zero-order valence-corrected chi connectivity index (χ0v) is 11.5. The fourth-order valence-corrected chi connectivity index (χ4v) is 2.41. The first-order chi connectivity index (χ1) is 6.99. The second kappa shape index (κ2) is 5.88. The van der Waals surface area contributed by atoms with Gasteiger partial charge in [-0.1, -0.05) is 47.4 Å². The molecule has 1 nitrogen and oxygen atoms in total. The Kier molecular flexibility index (Phi) is 5.10. The third-order valence-corrected chi connectivity index (χ3v) is 3.12. The Labute approximate surface area is 105 Å². The Bertz CT molecular complexity index is 325. The van der Waals surface area contributed by atoms with Crippen LogP contribution in [0.1, 0.15) is 25.8 Å². The summed E-state index contributed by atoms with van der Waals surface area (Å²) in [7, 11) is 0. The van der Waals surface area contributed by atoms with Crippen LogP contribution in [0.5, 0.6) is 0 Å². The van der Waals surface area contributed by atoms with Gasteiger partial charge in [-0.2, -0.15) is 0 Å². The summed E-state index contributed by atoms with van der Waals surface area (Å²) in [5, 5.41) is 0.795. The highest BCUT2D eigenvalue weighted by molar-refractivity contribution is 9.10. The monoisotopic (exact) mass is 289 g/mol. The molecule has 1 unspecified atom stereocenters. The van der Waals surface area contributed by atoms with Crippen molar-refractivity contribution in [3.05, 3.63) is 33.3 Å². The lowest BCUT2D eigenvalue weighted by molar-refractivity contribution is 0.493. The van der Waals surface area contributed by atoms with Crippen molar-refractivity contribution in [2.45, 2.75) is 32.7 Å². The van der Waals surface area contributed by atoms with Crippen molar-refractivity contribution >= 4 is 27.5 Å². The van der Waals surface area contributed by atoms with E-state index in [9.17, 15) is 0 Å². The Morgan fingerprint density at radius 1 is 1.40 bits per heavy atom. The van der Waals surface area contributed by atoms with Gasteiger partial charge in [0.1, 0.15) is 0 Å². The second-order valence-corrected chi connectivity index (χ2v) is 5.65. The predicted octanol–water partition coefficient (Wildman–Crippen LogP) is 4.02. The summed E-state index contributed by atoms with van der Waals surface area (Å²) in [6.07, 6.45) is 1.89. The van der Waals surface area contributed by atoms with Gasteiger partial charge in [-0.25, -0.2) is 0 Å². The van der Waals surface area contributed by atoms with Crippen LogP contribution < -0.4 is 5.73 Å². The third kappa shape index (κ3) is 4.54. The van der Waals surface area contributed by atoms with E-state index in [4.69, 9.17) is 17.3 Å². The minimum atomic E-state index is 0.198. The van der Waals surface area contributed by atoms with E-state index in [-0.39, 0.29) is 6.04 Å². The fraction of sp³-hybridized carbons (Fsp3) is 0.500. The molecule has 3 heteroatoms. The van der Waals surface area contributed by atoms with E-state index in [0.717, 1.165) is 27.9 Å². The maximum atomic E-state index is 6.12. The minimum absolute atomic E-state index is 0.198. The SMILES string of the molecule is CC(C)CC(N)Cc1ccc(Br)cc1Cl. The molecule has 1 atom stereocenters. The molecule has 0 aliphatic heterocycles. The Hall–Kier alpha value is -0.0500. The molecular formula is C12H17BrClN. The maximum absolute atomic E-state index is 6.12. The van der Waals surface area contributed by atoms with Crippen LogP contribution in [0.3, 0.4) is 0 Å².